The zero-order valence-electron chi connectivity index (χ0n) is 11.9. The van der Waals surface area contributed by atoms with Crippen LogP contribution in [0.2, 0.25) is 0 Å². The van der Waals surface area contributed by atoms with Crippen molar-refractivity contribution in [2.45, 2.75) is 6.92 Å². The molecule has 2 aromatic rings. The van der Waals surface area contributed by atoms with Crippen molar-refractivity contribution in [1.82, 2.24) is 5.43 Å². The average molecular weight is 363 g/mol. The summed E-state index contributed by atoms with van der Waals surface area (Å²) in [7, 11) is 0. The van der Waals surface area contributed by atoms with Crippen LogP contribution in [-0.4, -0.2) is 23.8 Å². The predicted molar refractivity (Wildman–Crippen MR) is 88.5 cm³/mol. The van der Waals surface area contributed by atoms with Crippen molar-refractivity contribution < 1.29 is 14.6 Å². The zero-order valence-corrected chi connectivity index (χ0v) is 13.5. The minimum Gasteiger partial charge on any atom is -0.507 e. The van der Waals surface area contributed by atoms with Gasteiger partial charge in [-0.25, -0.2) is 5.43 Å². The molecule has 22 heavy (non-hydrogen) atoms. The van der Waals surface area contributed by atoms with Crippen LogP contribution in [0.15, 0.2) is 52.0 Å². The second kappa shape index (κ2) is 7.61. The summed E-state index contributed by atoms with van der Waals surface area (Å²) in [5.74, 6) is 0.195. The monoisotopic (exact) mass is 362 g/mol. The molecule has 0 aliphatic carbocycles. The molecular formula is C16H15BrN2O3. The molecule has 2 aromatic carbocycles. The highest BCUT2D eigenvalue weighted by molar-refractivity contribution is 9.10. The number of amides is 1. The Bertz CT molecular complexity index is 684. The number of hydrogen-bond donors (Lipinski definition) is 2. The Labute approximate surface area is 136 Å². The number of phenolic OH excluding ortho intramolecular Hbond substituents is 1. The topological polar surface area (TPSA) is 70.9 Å². The van der Waals surface area contributed by atoms with Crippen molar-refractivity contribution in [2.24, 2.45) is 5.10 Å². The third-order valence-corrected chi connectivity index (χ3v) is 3.27. The third kappa shape index (κ3) is 4.33. The maximum Gasteiger partial charge on any atom is 0.275 e. The lowest BCUT2D eigenvalue weighted by molar-refractivity contribution is 0.0952. The highest BCUT2D eigenvalue weighted by Crippen LogP contribution is 2.21. The first kappa shape index (κ1) is 16.0. The van der Waals surface area contributed by atoms with Crippen LogP contribution in [0.3, 0.4) is 0 Å². The van der Waals surface area contributed by atoms with Gasteiger partial charge in [-0.3, -0.25) is 4.79 Å². The smallest absolute Gasteiger partial charge is 0.275 e. The van der Waals surface area contributed by atoms with Gasteiger partial charge in [0.15, 0.2) is 0 Å². The van der Waals surface area contributed by atoms with E-state index < -0.39 is 5.91 Å². The quantitative estimate of drug-likeness (QED) is 0.633. The van der Waals surface area contributed by atoms with Gasteiger partial charge >= 0.3 is 0 Å². The molecule has 2 N–H and O–H groups in total. The van der Waals surface area contributed by atoms with Gasteiger partial charge in [0, 0.05) is 4.47 Å². The number of rotatable bonds is 5. The predicted octanol–water partition coefficient (Wildman–Crippen LogP) is 3.32. The molecule has 0 aromatic heterocycles. The van der Waals surface area contributed by atoms with Gasteiger partial charge in [-0.2, -0.15) is 5.10 Å². The second-order valence-electron chi connectivity index (χ2n) is 4.36. The first-order valence-corrected chi connectivity index (χ1v) is 7.44. The van der Waals surface area contributed by atoms with Gasteiger partial charge in [-0.1, -0.05) is 15.9 Å². The Balaban J connectivity index is 1.99. The fraction of sp³-hybridized carbons (Fsp3) is 0.125. The summed E-state index contributed by atoms with van der Waals surface area (Å²) in [5, 5.41) is 13.5. The summed E-state index contributed by atoms with van der Waals surface area (Å²) in [6.45, 7) is 2.53. The van der Waals surface area contributed by atoms with Crippen molar-refractivity contribution in [3.63, 3.8) is 0 Å². The lowest BCUT2D eigenvalue weighted by Crippen LogP contribution is -2.17. The van der Waals surface area contributed by atoms with Crippen molar-refractivity contribution in [3.05, 3.63) is 58.1 Å². The number of ether oxygens (including phenoxy) is 1. The molecule has 0 saturated heterocycles. The Morgan fingerprint density at radius 2 is 2.05 bits per heavy atom. The highest BCUT2D eigenvalue weighted by Gasteiger charge is 2.10. The van der Waals surface area contributed by atoms with Gasteiger partial charge in [0.1, 0.15) is 11.5 Å². The van der Waals surface area contributed by atoms with E-state index in [1.807, 2.05) is 31.2 Å². The van der Waals surface area contributed by atoms with Gasteiger partial charge < -0.3 is 9.84 Å². The summed E-state index contributed by atoms with van der Waals surface area (Å²) < 4.78 is 6.04. The van der Waals surface area contributed by atoms with Crippen LogP contribution in [0.1, 0.15) is 22.8 Å². The van der Waals surface area contributed by atoms with E-state index >= 15 is 0 Å². The third-order valence-electron chi connectivity index (χ3n) is 2.77. The van der Waals surface area contributed by atoms with Crippen LogP contribution in [0, 0.1) is 0 Å². The second-order valence-corrected chi connectivity index (χ2v) is 5.28. The van der Waals surface area contributed by atoms with E-state index in [1.165, 1.54) is 18.3 Å². The maximum absolute atomic E-state index is 11.9. The van der Waals surface area contributed by atoms with Gasteiger partial charge in [-0.15, -0.1) is 0 Å². The molecule has 0 aliphatic rings. The largest absolute Gasteiger partial charge is 0.507 e. The fourth-order valence-corrected chi connectivity index (χ4v) is 2.09. The molecule has 2 rings (SSSR count). The molecule has 1 amide bonds. The van der Waals surface area contributed by atoms with E-state index in [1.54, 1.807) is 6.07 Å². The summed E-state index contributed by atoms with van der Waals surface area (Å²) >= 11 is 3.25. The Hall–Kier alpha value is -2.34. The number of nitrogens with one attached hydrogen (secondary N) is 1. The number of aromatic hydroxyl groups is 1. The molecule has 0 unspecified atom stereocenters. The zero-order chi connectivity index (χ0) is 15.9. The Morgan fingerprint density at radius 3 is 2.73 bits per heavy atom. The van der Waals surface area contributed by atoms with Crippen LogP contribution in [0.5, 0.6) is 11.5 Å². The van der Waals surface area contributed by atoms with E-state index in [4.69, 9.17) is 4.74 Å². The Kier molecular flexibility index (Phi) is 5.55. The number of carbonyl (C=O) groups is 1. The number of hydrazone groups is 1. The lowest BCUT2D eigenvalue weighted by Gasteiger charge is -2.04. The van der Waals surface area contributed by atoms with Crippen molar-refractivity contribution >= 4 is 28.1 Å². The Morgan fingerprint density at radius 1 is 1.32 bits per heavy atom. The molecule has 0 aliphatic heterocycles. The molecule has 0 saturated carbocycles. The molecule has 6 heteroatoms. The summed E-state index contributed by atoms with van der Waals surface area (Å²) in [5.41, 5.74) is 3.35. The number of hydrogen-bond acceptors (Lipinski definition) is 4. The standard InChI is InChI=1S/C16H15BrN2O3/c1-2-22-13-6-3-11(4-7-13)10-18-19-16(21)14-9-12(17)5-8-15(14)20/h3-10,20H,2H2,1H3,(H,19,21)/b18-10+. The fourth-order valence-electron chi connectivity index (χ4n) is 1.73. The number of carbonyl (C=O) groups excluding carboxylic acids is 1. The minimum absolute atomic E-state index is 0.100. The molecular weight excluding hydrogens is 348 g/mol. The van der Waals surface area contributed by atoms with Crippen molar-refractivity contribution in [1.29, 1.82) is 0 Å². The van der Waals surface area contributed by atoms with E-state index in [0.717, 1.165) is 11.3 Å². The van der Waals surface area contributed by atoms with E-state index in [9.17, 15) is 9.90 Å². The van der Waals surface area contributed by atoms with Crippen LogP contribution in [0.25, 0.3) is 0 Å². The SMILES string of the molecule is CCOc1ccc(/C=N/NC(=O)c2cc(Br)ccc2O)cc1. The molecule has 0 radical (unpaired) electrons. The molecule has 0 heterocycles. The first-order chi connectivity index (χ1) is 10.6. The average Bonchev–Trinajstić information content (AvgIpc) is 2.51. The first-order valence-electron chi connectivity index (χ1n) is 6.65. The maximum atomic E-state index is 11.9. The van der Waals surface area contributed by atoms with Gasteiger partial charge in [0.05, 0.1) is 18.4 Å². The van der Waals surface area contributed by atoms with Crippen molar-refractivity contribution in [3.8, 4) is 11.5 Å². The molecule has 0 atom stereocenters. The highest BCUT2D eigenvalue weighted by atomic mass is 79.9. The summed E-state index contributed by atoms with van der Waals surface area (Å²) in [6.07, 6.45) is 1.52. The molecule has 0 fully saturated rings. The van der Waals surface area contributed by atoms with Crippen LogP contribution >= 0.6 is 15.9 Å². The summed E-state index contributed by atoms with van der Waals surface area (Å²) in [4.78, 5) is 11.9. The molecule has 114 valence electrons. The van der Waals surface area contributed by atoms with E-state index in [-0.39, 0.29) is 11.3 Å². The molecule has 5 nitrogen and oxygen atoms in total. The normalized spacial score (nSPS) is 10.6. The number of halogens is 1. The van der Waals surface area contributed by atoms with Gasteiger partial charge in [0.25, 0.3) is 5.91 Å². The van der Waals surface area contributed by atoms with Crippen LogP contribution in [-0.2, 0) is 0 Å². The number of benzene rings is 2. The minimum atomic E-state index is -0.485. The van der Waals surface area contributed by atoms with Gasteiger partial charge in [0.2, 0.25) is 0 Å². The molecule has 0 spiro atoms. The summed E-state index contributed by atoms with van der Waals surface area (Å²) in [6, 6.07) is 11.9. The van der Waals surface area contributed by atoms with E-state index in [0.29, 0.717) is 11.1 Å². The molecule has 0 bridgehead atoms. The van der Waals surface area contributed by atoms with Crippen LogP contribution < -0.4 is 10.2 Å². The van der Waals surface area contributed by atoms with Crippen molar-refractivity contribution in [2.75, 3.05) is 6.61 Å². The van der Waals surface area contributed by atoms with Crippen LogP contribution in [0.4, 0.5) is 0 Å². The lowest BCUT2D eigenvalue weighted by atomic mass is 10.2. The number of phenols is 1. The van der Waals surface area contributed by atoms with Gasteiger partial charge in [-0.05, 0) is 55.0 Å². The number of nitrogens with zero attached hydrogens (tertiary/aromatic N) is 1. The van der Waals surface area contributed by atoms with E-state index in [2.05, 4.69) is 26.5 Å².